The number of benzene rings is 3. The number of nitrogens with zero attached hydrogens (tertiary/aromatic N) is 1. The largest absolute Gasteiger partial charge is 0.465 e. The van der Waals surface area contributed by atoms with Gasteiger partial charge in [-0.15, -0.1) is 0 Å². The van der Waals surface area contributed by atoms with Crippen molar-refractivity contribution in [1.82, 2.24) is 0 Å². The number of aryl methyl sites for hydroxylation is 1. The molecule has 0 aromatic heterocycles. The van der Waals surface area contributed by atoms with Gasteiger partial charge in [-0.3, -0.25) is 0 Å². The van der Waals surface area contributed by atoms with Gasteiger partial charge in [0.2, 0.25) is 6.79 Å². The lowest BCUT2D eigenvalue weighted by Crippen LogP contribution is -2.11. The van der Waals surface area contributed by atoms with Gasteiger partial charge in [0.05, 0.1) is 25.2 Å². The van der Waals surface area contributed by atoms with Crippen LogP contribution >= 0.6 is 0 Å². The van der Waals surface area contributed by atoms with Crippen LogP contribution in [0.3, 0.4) is 0 Å². The van der Waals surface area contributed by atoms with E-state index in [0.29, 0.717) is 39.3 Å². The predicted octanol–water partition coefficient (Wildman–Crippen LogP) is 4.54. The van der Waals surface area contributed by atoms with E-state index in [1.54, 1.807) is 18.2 Å². The molecule has 3 aromatic rings. The van der Waals surface area contributed by atoms with E-state index in [1.807, 2.05) is 13.0 Å². The van der Waals surface area contributed by atoms with Gasteiger partial charge in [0.15, 0.2) is 11.5 Å². The standard InChI is InChI=1S/C22H16FNO4/c1-12-15-7-8-17-21(28-11-27-17)20(15)19(13-3-5-14(23)6-4-13)16(9-10-24)18(12)22(25)26-2/h3-8H,9,11H2,1-2H3. The third-order valence-electron chi connectivity index (χ3n) is 4.95. The summed E-state index contributed by atoms with van der Waals surface area (Å²) in [5, 5.41) is 11.0. The van der Waals surface area contributed by atoms with Crippen molar-refractivity contribution in [2.24, 2.45) is 0 Å². The van der Waals surface area contributed by atoms with Crippen molar-refractivity contribution in [3.05, 3.63) is 58.9 Å². The van der Waals surface area contributed by atoms with E-state index in [0.717, 1.165) is 10.8 Å². The van der Waals surface area contributed by atoms with Crippen molar-refractivity contribution < 1.29 is 23.4 Å². The summed E-state index contributed by atoms with van der Waals surface area (Å²) >= 11 is 0. The van der Waals surface area contributed by atoms with Crippen molar-refractivity contribution in [3.8, 4) is 28.7 Å². The van der Waals surface area contributed by atoms with E-state index < -0.39 is 5.97 Å². The Morgan fingerprint density at radius 1 is 1.21 bits per heavy atom. The van der Waals surface area contributed by atoms with Crippen molar-refractivity contribution in [2.45, 2.75) is 13.3 Å². The first-order chi connectivity index (χ1) is 13.6. The number of carbonyl (C=O) groups is 1. The molecule has 1 heterocycles. The second-order valence-electron chi connectivity index (χ2n) is 6.41. The molecule has 1 aliphatic rings. The second-order valence-corrected chi connectivity index (χ2v) is 6.41. The zero-order valence-corrected chi connectivity index (χ0v) is 15.3. The molecule has 28 heavy (non-hydrogen) atoms. The average Bonchev–Trinajstić information content (AvgIpc) is 3.18. The molecule has 140 valence electrons. The van der Waals surface area contributed by atoms with Crippen molar-refractivity contribution in [1.29, 1.82) is 5.26 Å². The summed E-state index contributed by atoms with van der Waals surface area (Å²) in [5.41, 5.74) is 2.87. The van der Waals surface area contributed by atoms with Crippen LogP contribution in [0.25, 0.3) is 21.9 Å². The molecular weight excluding hydrogens is 361 g/mol. The van der Waals surface area contributed by atoms with E-state index in [9.17, 15) is 14.4 Å². The van der Waals surface area contributed by atoms with Crippen LogP contribution in [0.1, 0.15) is 21.5 Å². The molecule has 0 amide bonds. The third kappa shape index (κ3) is 2.64. The number of fused-ring (bicyclic) bond motifs is 3. The Morgan fingerprint density at radius 2 is 1.96 bits per heavy atom. The molecule has 0 N–H and O–H groups in total. The zero-order valence-electron chi connectivity index (χ0n) is 15.3. The number of hydrogen-bond donors (Lipinski definition) is 0. The minimum atomic E-state index is -0.523. The Bertz CT molecular complexity index is 1150. The summed E-state index contributed by atoms with van der Waals surface area (Å²) in [7, 11) is 1.30. The summed E-state index contributed by atoms with van der Waals surface area (Å²) in [6.45, 7) is 1.90. The molecule has 0 fully saturated rings. The first kappa shape index (κ1) is 17.8. The molecule has 1 aliphatic heterocycles. The molecule has 3 aromatic carbocycles. The van der Waals surface area contributed by atoms with Gasteiger partial charge < -0.3 is 14.2 Å². The number of carbonyl (C=O) groups excluding carboxylic acids is 1. The SMILES string of the molecule is COC(=O)c1c(CC#N)c(-c2ccc(F)cc2)c2c3c(ccc2c1C)OCO3. The van der Waals surface area contributed by atoms with Gasteiger partial charge in [-0.1, -0.05) is 18.2 Å². The van der Waals surface area contributed by atoms with E-state index in [4.69, 9.17) is 14.2 Å². The predicted molar refractivity (Wildman–Crippen MR) is 101 cm³/mol. The Labute approximate surface area is 160 Å². The molecule has 0 unspecified atom stereocenters. The summed E-state index contributed by atoms with van der Waals surface area (Å²) in [5.74, 6) is 0.241. The Balaban J connectivity index is 2.22. The smallest absolute Gasteiger partial charge is 0.338 e. The normalized spacial score (nSPS) is 12.1. The number of hydrogen-bond acceptors (Lipinski definition) is 5. The van der Waals surface area contributed by atoms with Gasteiger partial charge in [0.25, 0.3) is 0 Å². The Hall–Kier alpha value is -3.59. The van der Waals surface area contributed by atoms with Crippen molar-refractivity contribution in [2.75, 3.05) is 13.9 Å². The van der Waals surface area contributed by atoms with Crippen LogP contribution < -0.4 is 9.47 Å². The average molecular weight is 377 g/mol. The molecule has 0 spiro atoms. The maximum atomic E-state index is 13.5. The lowest BCUT2D eigenvalue weighted by atomic mass is 9.84. The monoisotopic (exact) mass is 377 g/mol. The fourth-order valence-electron chi connectivity index (χ4n) is 3.74. The zero-order chi connectivity index (χ0) is 19.8. The van der Waals surface area contributed by atoms with Crippen LogP contribution in [0.4, 0.5) is 4.39 Å². The summed E-state index contributed by atoms with van der Waals surface area (Å²) in [6, 6.07) is 11.7. The number of rotatable bonds is 3. The number of halogens is 1. The minimum absolute atomic E-state index is 0.0154. The molecule has 0 radical (unpaired) electrons. The van der Waals surface area contributed by atoms with Gasteiger partial charge >= 0.3 is 5.97 Å². The fraction of sp³-hybridized carbons (Fsp3) is 0.182. The third-order valence-corrected chi connectivity index (χ3v) is 4.95. The molecule has 0 saturated carbocycles. The maximum Gasteiger partial charge on any atom is 0.338 e. The highest BCUT2D eigenvalue weighted by molar-refractivity contribution is 6.11. The van der Waals surface area contributed by atoms with Crippen LogP contribution in [-0.2, 0) is 11.2 Å². The number of esters is 1. The van der Waals surface area contributed by atoms with E-state index >= 15 is 0 Å². The highest BCUT2D eigenvalue weighted by Crippen LogP contribution is 2.47. The number of nitriles is 1. The highest BCUT2D eigenvalue weighted by atomic mass is 19.1. The van der Waals surface area contributed by atoms with Gasteiger partial charge in [-0.05, 0) is 52.8 Å². The van der Waals surface area contributed by atoms with E-state index in [2.05, 4.69) is 6.07 Å². The first-order valence-electron chi connectivity index (χ1n) is 8.65. The molecule has 0 aliphatic carbocycles. The van der Waals surface area contributed by atoms with Crippen LogP contribution in [0, 0.1) is 24.1 Å². The van der Waals surface area contributed by atoms with Crippen molar-refractivity contribution >= 4 is 16.7 Å². The van der Waals surface area contributed by atoms with Gasteiger partial charge in [-0.25, -0.2) is 9.18 Å². The molecule has 0 atom stereocenters. The van der Waals surface area contributed by atoms with Gasteiger partial charge in [0.1, 0.15) is 5.82 Å². The molecule has 5 nitrogen and oxygen atoms in total. The van der Waals surface area contributed by atoms with Gasteiger partial charge in [0, 0.05) is 5.39 Å². The highest BCUT2D eigenvalue weighted by Gasteiger charge is 2.28. The first-order valence-corrected chi connectivity index (χ1v) is 8.65. The van der Waals surface area contributed by atoms with Crippen LogP contribution in [0.15, 0.2) is 36.4 Å². The fourth-order valence-corrected chi connectivity index (χ4v) is 3.74. The van der Waals surface area contributed by atoms with E-state index in [1.165, 1.54) is 19.2 Å². The molecule has 0 bridgehead atoms. The lowest BCUT2D eigenvalue weighted by molar-refractivity contribution is 0.0599. The van der Waals surface area contributed by atoms with Crippen LogP contribution in [0.2, 0.25) is 0 Å². The number of methoxy groups -OCH3 is 1. The molecule has 6 heteroatoms. The topological polar surface area (TPSA) is 68.6 Å². The quantitative estimate of drug-likeness (QED) is 0.627. The van der Waals surface area contributed by atoms with Crippen LogP contribution in [-0.4, -0.2) is 19.9 Å². The van der Waals surface area contributed by atoms with E-state index in [-0.39, 0.29) is 19.0 Å². The molecule has 4 rings (SSSR count). The Kier molecular flexibility index (Phi) is 4.36. The lowest BCUT2D eigenvalue weighted by Gasteiger charge is -2.20. The molecular formula is C22H16FNO4. The summed E-state index contributed by atoms with van der Waals surface area (Å²) in [6.07, 6.45) is -0.0154. The summed E-state index contributed by atoms with van der Waals surface area (Å²) in [4.78, 5) is 12.6. The number of ether oxygens (including phenoxy) is 3. The van der Waals surface area contributed by atoms with Gasteiger partial charge in [-0.2, -0.15) is 5.26 Å². The van der Waals surface area contributed by atoms with Crippen molar-refractivity contribution in [3.63, 3.8) is 0 Å². The second kappa shape index (κ2) is 6.86. The minimum Gasteiger partial charge on any atom is -0.465 e. The van der Waals surface area contributed by atoms with Crippen LogP contribution in [0.5, 0.6) is 11.5 Å². The summed E-state index contributed by atoms with van der Waals surface area (Å²) < 4.78 is 29.8. The maximum absolute atomic E-state index is 13.5. The molecule has 0 saturated heterocycles. The Morgan fingerprint density at radius 3 is 2.64 bits per heavy atom.